The fourth-order valence-corrected chi connectivity index (χ4v) is 1.87. The Hall–Kier alpha value is -2.11. The van der Waals surface area contributed by atoms with Crippen molar-refractivity contribution in [1.82, 2.24) is 10.3 Å². The van der Waals surface area contributed by atoms with Crippen LogP contribution in [0.5, 0.6) is 0 Å². The number of nitrogens with one attached hydrogen (secondary N) is 2. The van der Waals surface area contributed by atoms with Gasteiger partial charge in [-0.3, -0.25) is 9.59 Å². The van der Waals surface area contributed by atoms with E-state index in [2.05, 4.69) is 22.5 Å². The highest BCUT2D eigenvalue weighted by atomic mass is 16.2. The van der Waals surface area contributed by atoms with Gasteiger partial charge in [0.25, 0.3) is 5.91 Å². The maximum absolute atomic E-state index is 12.1. The molecule has 0 aliphatic carbocycles. The number of carbonyl (C=O) groups excluding carboxylic acids is 2. The van der Waals surface area contributed by atoms with Crippen LogP contribution in [0.2, 0.25) is 0 Å². The van der Waals surface area contributed by atoms with Crippen LogP contribution in [-0.4, -0.2) is 29.9 Å². The van der Waals surface area contributed by atoms with Crippen molar-refractivity contribution in [2.75, 3.05) is 18.4 Å². The molecule has 0 fully saturated rings. The minimum absolute atomic E-state index is 0.126. The molecule has 1 rings (SSSR count). The van der Waals surface area contributed by atoms with Crippen molar-refractivity contribution in [3.8, 4) is 0 Å². The molecule has 21 heavy (non-hydrogen) atoms. The van der Waals surface area contributed by atoms with Gasteiger partial charge in [0.2, 0.25) is 5.91 Å². The molecule has 0 unspecified atom stereocenters. The molecule has 2 amide bonds. The Morgan fingerprint density at radius 1 is 1.24 bits per heavy atom. The highest BCUT2D eigenvalue weighted by molar-refractivity contribution is 5.95. The molecule has 0 aliphatic rings. The lowest BCUT2D eigenvalue weighted by Crippen LogP contribution is -2.25. The van der Waals surface area contributed by atoms with Crippen LogP contribution in [-0.2, 0) is 4.79 Å². The van der Waals surface area contributed by atoms with Crippen molar-refractivity contribution >= 4 is 17.6 Å². The summed E-state index contributed by atoms with van der Waals surface area (Å²) >= 11 is 0. The van der Waals surface area contributed by atoms with E-state index in [1.165, 1.54) is 0 Å². The monoisotopic (exact) mass is 292 g/mol. The molecule has 6 heteroatoms. The molecule has 1 heterocycles. The van der Waals surface area contributed by atoms with Gasteiger partial charge in [0.1, 0.15) is 5.82 Å². The SMILES string of the molecule is CCCNc1cc(C(=O)NCCCCC(N)=O)cc(C)n1. The third-order valence-corrected chi connectivity index (χ3v) is 2.91. The van der Waals surface area contributed by atoms with Gasteiger partial charge in [-0.05, 0) is 38.3 Å². The van der Waals surface area contributed by atoms with Crippen molar-refractivity contribution in [1.29, 1.82) is 0 Å². The summed E-state index contributed by atoms with van der Waals surface area (Å²) in [5.41, 5.74) is 6.45. The maximum Gasteiger partial charge on any atom is 0.251 e. The Bertz CT molecular complexity index is 489. The van der Waals surface area contributed by atoms with Gasteiger partial charge in [-0.25, -0.2) is 4.98 Å². The molecule has 1 aromatic heterocycles. The number of aryl methyl sites for hydroxylation is 1. The number of nitrogens with zero attached hydrogens (tertiary/aromatic N) is 1. The fourth-order valence-electron chi connectivity index (χ4n) is 1.87. The summed E-state index contributed by atoms with van der Waals surface area (Å²) in [5, 5.41) is 6.01. The van der Waals surface area contributed by atoms with Gasteiger partial charge in [0.05, 0.1) is 0 Å². The van der Waals surface area contributed by atoms with E-state index in [9.17, 15) is 9.59 Å². The Morgan fingerprint density at radius 3 is 2.67 bits per heavy atom. The van der Waals surface area contributed by atoms with Crippen LogP contribution in [0, 0.1) is 6.92 Å². The first-order chi connectivity index (χ1) is 10.0. The zero-order valence-electron chi connectivity index (χ0n) is 12.7. The summed E-state index contributed by atoms with van der Waals surface area (Å²) in [5.74, 6) is 0.285. The maximum atomic E-state index is 12.1. The lowest BCUT2D eigenvalue weighted by atomic mass is 10.2. The minimum atomic E-state index is -0.308. The average Bonchev–Trinajstić information content (AvgIpc) is 2.43. The van der Waals surface area contributed by atoms with E-state index < -0.39 is 0 Å². The van der Waals surface area contributed by atoms with Gasteiger partial charge < -0.3 is 16.4 Å². The molecule has 6 nitrogen and oxygen atoms in total. The molecule has 0 saturated carbocycles. The van der Waals surface area contributed by atoms with Crippen LogP contribution < -0.4 is 16.4 Å². The lowest BCUT2D eigenvalue weighted by molar-refractivity contribution is -0.118. The molecule has 1 aromatic rings. The molecular formula is C15H24N4O2. The summed E-state index contributed by atoms with van der Waals surface area (Å²) in [6.45, 7) is 5.29. The number of unbranched alkanes of at least 4 members (excludes halogenated alkanes) is 1. The fraction of sp³-hybridized carbons (Fsp3) is 0.533. The predicted octanol–water partition coefficient (Wildman–Crippen LogP) is 1.60. The largest absolute Gasteiger partial charge is 0.370 e. The van der Waals surface area contributed by atoms with Gasteiger partial charge in [-0.15, -0.1) is 0 Å². The van der Waals surface area contributed by atoms with Crippen LogP contribution in [0.15, 0.2) is 12.1 Å². The topological polar surface area (TPSA) is 97.1 Å². The zero-order chi connectivity index (χ0) is 15.7. The summed E-state index contributed by atoms with van der Waals surface area (Å²) in [6.07, 6.45) is 2.78. The summed E-state index contributed by atoms with van der Waals surface area (Å²) < 4.78 is 0. The van der Waals surface area contributed by atoms with Gasteiger partial charge in [0.15, 0.2) is 0 Å². The first-order valence-corrected chi connectivity index (χ1v) is 7.32. The van der Waals surface area contributed by atoms with E-state index in [0.717, 1.165) is 30.9 Å². The molecule has 0 aromatic carbocycles. The van der Waals surface area contributed by atoms with Crippen molar-refractivity contribution in [2.24, 2.45) is 5.73 Å². The third-order valence-electron chi connectivity index (χ3n) is 2.91. The molecule has 0 aliphatic heterocycles. The molecule has 0 radical (unpaired) electrons. The highest BCUT2D eigenvalue weighted by Gasteiger charge is 2.08. The van der Waals surface area contributed by atoms with Gasteiger partial charge in [-0.2, -0.15) is 0 Å². The Labute approximate surface area is 125 Å². The number of amides is 2. The van der Waals surface area contributed by atoms with Crippen LogP contribution in [0.25, 0.3) is 0 Å². The minimum Gasteiger partial charge on any atom is -0.370 e. The first kappa shape index (κ1) is 16.9. The van der Waals surface area contributed by atoms with Crippen molar-refractivity contribution < 1.29 is 9.59 Å². The van der Waals surface area contributed by atoms with E-state index in [4.69, 9.17) is 5.73 Å². The summed E-state index contributed by atoms with van der Waals surface area (Å²) in [4.78, 5) is 27.0. The molecule has 0 bridgehead atoms. The van der Waals surface area contributed by atoms with Crippen LogP contribution in [0.3, 0.4) is 0 Å². The van der Waals surface area contributed by atoms with Crippen molar-refractivity contribution in [3.63, 3.8) is 0 Å². The number of nitrogens with two attached hydrogens (primary N) is 1. The molecule has 4 N–H and O–H groups in total. The molecule has 0 spiro atoms. The van der Waals surface area contributed by atoms with E-state index in [-0.39, 0.29) is 11.8 Å². The normalized spacial score (nSPS) is 10.2. The number of carbonyl (C=O) groups is 2. The van der Waals surface area contributed by atoms with Crippen LogP contribution in [0.4, 0.5) is 5.82 Å². The smallest absolute Gasteiger partial charge is 0.251 e. The summed E-state index contributed by atoms with van der Waals surface area (Å²) in [6, 6.07) is 3.51. The van der Waals surface area contributed by atoms with E-state index in [1.54, 1.807) is 12.1 Å². The molecular weight excluding hydrogens is 268 g/mol. The summed E-state index contributed by atoms with van der Waals surface area (Å²) in [7, 11) is 0. The number of pyridine rings is 1. The van der Waals surface area contributed by atoms with Crippen molar-refractivity contribution in [3.05, 3.63) is 23.4 Å². The number of primary amides is 1. The quantitative estimate of drug-likeness (QED) is 0.602. The van der Waals surface area contributed by atoms with E-state index >= 15 is 0 Å². The van der Waals surface area contributed by atoms with Gasteiger partial charge in [0, 0.05) is 30.8 Å². The first-order valence-electron chi connectivity index (χ1n) is 7.32. The van der Waals surface area contributed by atoms with E-state index in [1.807, 2.05) is 6.92 Å². The number of rotatable bonds is 9. The Kier molecular flexibility index (Phi) is 7.21. The third kappa shape index (κ3) is 6.74. The number of hydrogen-bond donors (Lipinski definition) is 3. The van der Waals surface area contributed by atoms with Crippen LogP contribution in [0.1, 0.15) is 48.7 Å². The number of anilines is 1. The van der Waals surface area contributed by atoms with E-state index in [0.29, 0.717) is 24.9 Å². The molecule has 0 saturated heterocycles. The second-order valence-electron chi connectivity index (χ2n) is 4.99. The zero-order valence-corrected chi connectivity index (χ0v) is 12.7. The Morgan fingerprint density at radius 2 is 2.00 bits per heavy atom. The van der Waals surface area contributed by atoms with Gasteiger partial charge in [-0.1, -0.05) is 6.92 Å². The second-order valence-corrected chi connectivity index (χ2v) is 4.99. The Balaban J connectivity index is 2.49. The predicted molar refractivity (Wildman–Crippen MR) is 83.1 cm³/mol. The second kappa shape index (κ2) is 8.94. The van der Waals surface area contributed by atoms with Gasteiger partial charge >= 0.3 is 0 Å². The highest BCUT2D eigenvalue weighted by Crippen LogP contribution is 2.10. The molecule has 116 valence electrons. The number of hydrogen-bond acceptors (Lipinski definition) is 4. The van der Waals surface area contributed by atoms with Crippen molar-refractivity contribution in [2.45, 2.75) is 39.5 Å². The average molecular weight is 292 g/mol. The number of aromatic nitrogens is 1. The lowest BCUT2D eigenvalue weighted by Gasteiger charge is -2.09. The van der Waals surface area contributed by atoms with Crippen LogP contribution >= 0.6 is 0 Å². The molecule has 0 atom stereocenters. The standard InChI is InChI=1S/C15H24N4O2/c1-3-7-17-14-10-12(9-11(2)19-14)15(21)18-8-5-4-6-13(16)20/h9-10H,3-8H2,1-2H3,(H2,16,20)(H,17,19)(H,18,21).